The third-order valence-electron chi connectivity index (χ3n) is 3.58. The molecule has 2 heterocycles. The molecule has 0 fully saturated rings. The summed E-state index contributed by atoms with van der Waals surface area (Å²) >= 11 is 3.25. The van der Waals surface area contributed by atoms with Crippen LogP contribution >= 0.6 is 22.7 Å². The molecule has 5 nitrogen and oxygen atoms in total. The van der Waals surface area contributed by atoms with Gasteiger partial charge in [0.15, 0.2) is 5.13 Å². The summed E-state index contributed by atoms with van der Waals surface area (Å²) in [6.07, 6.45) is 3.44. The number of carbonyl (C=O) groups is 1. The Labute approximate surface area is 131 Å². The van der Waals surface area contributed by atoms with Gasteiger partial charge in [0.05, 0.1) is 16.4 Å². The van der Waals surface area contributed by atoms with Crippen molar-refractivity contribution in [3.8, 4) is 0 Å². The van der Waals surface area contributed by atoms with Crippen LogP contribution in [0.15, 0.2) is 5.38 Å². The number of aromatic nitrogens is 2. The summed E-state index contributed by atoms with van der Waals surface area (Å²) in [7, 11) is 0. The fraction of sp³-hybridized carbons (Fsp3) is 0.500. The first-order chi connectivity index (χ1) is 10.1. The van der Waals surface area contributed by atoms with E-state index in [1.54, 1.807) is 22.7 Å². The number of thiazole rings is 2. The zero-order valence-corrected chi connectivity index (χ0v) is 13.4. The SMILES string of the molecule is Cc1nc(CCNc2nc3c(s2)CCCC3C(=O)O)cs1. The molecule has 3 rings (SSSR count). The molecule has 0 amide bonds. The highest BCUT2D eigenvalue weighted by molar-refractivity contribution is 7.15. The maximum atomic E-state index is 11.3. The van der Waals surface area contributed by atoms with Crippen LogP contribution in [0.5, 0.6) is 0 Å². The lowest BCUT2D eigenvalue weighted by Gasteiger charge is -2.16. The second-order valence-electron chi connectivity index (χ2n) is 5.15. The number of rotatable bonds is 5. The van der Waals surface area contributed by atoms with Crippen molar-refractivity contribution >= 4 is 33.8 Å². The zero-order valence-electron chi connectivity index (χ0n) is 11.8. The summed E-state index contributed by atoms with van der Waals surface area (Å²) < 4.78 is 0. The van der Waals surface area contributed by atoms with Crippen LogP contribution in [0.4, 0.5) is 5.13 Å². The third-order valence-corrected chi connectivity index (χ3v) is 5.49. The molecule has 21 heavy (non-hydrogen) atoms. The topological polar surface area (TPSA) is 75.1 Å². The first-order valence-electron chi connectivity index (χ1n) is 7.01. The Hall–Kier alpha value is -1.47. The Balaban J connectivity index is 1.63. The van der Waals surface area contributed by atoms with Crippen molar-refractivity contribution < 1.29 is 9.90 Å². The molecule has 0 saturated carbocycles. The summed E-state index contributed by atoms with van der Waals surface area (Å²) in [5.41, 5.74) is 1.86. The van der Waals surface area contributed by atoms with Crippen molar-refractivity contribution in [2.24, 2.45) is 0 Å². The minimum Gasteiger partial charge on any atom is -0.481 e. The van der Waals surface area contributed by atoms with Crippen LogP contribution < -0.4 is 5.32 Å². The number of hydrogen-bond acceptors (Lipinski definition) is 6. The Kier molecular flexibility index (Phi) is 4.21. The molecule has 0 saturated heterocycles. The average Bonchev–Trinajstić information content (AvgIpc) is 3.04. The zero-order chi connectivity index (χ0) is 14.8. The molecule has 0 spiro atoms. The first-order valence-corrected chi connectivity index (χ1v) is 8.70. The van der Waals surface area contributed by atoms with E-state index in [9.17, 15) is 9.90 Å². The van der Waals surface area contributed by atoms with Crippen LogP contribution in [0, 0.1) is 6.92 Å². The second kappa shape index (κ2) is 6.11. The van der Waals surface area contributed by atoms with Crippen molar-refractivity contribution in [3.63, 3.8) is 0 Å². The molecule has 0 radical (unpaired) electrons. The number of aryl methyl sites for hydroxylation is 2. The van der Waals surface area contributed by atoms with Gasteiger partial charge >= 0.3 is 5.97 Å². The van der Waals surface area contributed by atoms with Crippen LogP contribution in [-0.2, 0) is 17.6 Å². The smallest absolute Gasteiger partial charge is 0.312 e. The number of carboxylic acids is 1. The van der Waals surface area contributed by atoms with Gasteiger partial charge in [0.2, 0.25) is 0 Å². The van der Waals surface area contributed by atoms with E-state index in [0.29, 0.717) is 6.42 Å². The van der Waals surface area contributed by atoms with E-state index in [4.69, 9.17) is 0 Å². The predicted molar refractivity (Wildman–Crippen MR) is 84.5 cm³/mol. The molecule has 2 N–H and O–H groups in total. The third kappa shape index (κ3) is 3.24. The molecule has 0 aromatic carbocycles. The van der Waals surface area contributed by atoms with Crippen LogP contribution in [-0.4, -0.2) is 27.6 Å². The van der Waals surface area contributed by atoms with E-state index in [1.807, 2.05) is 6.92 Å². The molecule has 0 aliphatic heterocycles. The van der Waals surface area contributed by atoms with Crippen molar-refractivity contribution in [2.75, 3.05) is 11.9 Å². The largest absolute Gasteiger partial charge is 0.481 e. The highest BCUT2D eigenvalue weighted by atomic mass is 32.1. The second-order valence-corrected chi connectivity index (χ2v) is 7.29. The lowest BCUT2D eigenvalue weighted by Crippen LogP contribution is -2.17. The fourth-order valence-corrected chi connectivity index (χ4v) is 4.29. The molecule has 0 bridgehead atoms. The van der Waals surface area contributed by atoms with Gasteiger partial charge in [0.1, 0.15) is 5.92 Å². The first kappa shape index (κ1) is 14.5. The van der Waals surface area contributed by atoms with E-state index in [-0.39, 0.29) is 0 Å². The number of hydrogen-bond donors (Lipinski definition) is 2. The van der Waals surface area contributed by atoms with Gasteiger partial charge in [-0.25, -0.2) is 9.97 Å². The Morgan fingerprint density at radius 1 is 1.52 bits per heavy atom. The normalized spacial score (nSPS) is 17.5. The van der Waals surface area contributed by atoms with E-state index >= 15 is 0 Å². The fourth-order valence-electron chi connectivity index (χ4n) is 2.55. The minimum atomic E-state index is -0.759. The molecular formula is C14H17N3O2S2. The molecule has 2 aromatic heterocycles. The maximum Gasteiger partial charge on any atom is 0.312 e. The lowest BCUT2D eigenvalue weighted by atomic mass is 9.91. The number of fused-ring (bicyclic) bond motifs is 1. The summed E-state index contributed by atoms with van der Waals surface area (Å²) in [6.45, 7) is 2.77. The summed E-state index contributed by atoms with van der Waals surface area (Å²) in [4.78, 5) is 21.3. The molecule has 1 atom stereocenters. The maximum absolute atomic E-state index is 11.3. The molecule has 7 heteroatoms. The summed E-state index contributed by atoms with van der Waals surface area (Å²) in [6, 6.07) is 0. The van der Waals surface area contributed by atoms with Gasteiger partial charge < -0.3 is 10.4 Å². The number of nitrogens with zero attached hydrogens (tertiary/aromatic N) is 2. The van der Waals surface area contributed by atoms with Crippen LogP contribution in [0.2, 0.25) is 0 Å². The molecule has 1 aliphatic carbocycles. The number of nitrogens with one attached hydrogen (secondary N) is 1. The van der Waals surface area contributed by atoms with E-state index in [1.165, 1.54) is 0 Å². The van der Waals surface area contributed by atoms with Gasteiger partial charge in [-0.2, -0.15) is 0 Å². The average molecular weight is 323 g/mol. The summed E-state index contributed by atoms with van der Waals surface area (Å²) in [5, 5.41) is 16.5. The number of anilines is 1. The monoisotopic (exact) mass is 323 g/mol. The van der Waals surface area contributed by atoms with E-state index < -0.39 is 11.9 Å². The van der Waals surface area contributed by atoms with Crippen LogP contribution in [0.1, 0.15) is 40.0 Å². The van der Waals surface area contributed by atoms with Crippen molar-refractivity contribution in [1.29, 1.82) is 0 Å². The Bertz CT molecular complexity index is 650. The molecule has 1 unspecified atom stereocenters. The van der Waals surface area contributed by atoms with Crippen LogP contribution in [0.3, 0.4) is 0 Å². The van der Waals surface area contributed by atoms with E-state index in [2.05, 4.69) is 20.7 Å². The van der Waals surface area contributed by atoms with Gasteiger partial charge in [-0.05, 0) is 26.2 Å². The standard InChI is InChI=1S/C14H17N3O2S2/c1-8-16-9(7-20-8)5-6-15-14-17-12-10(13(18)19)3-2-4-11(12)21-14/h7,10H,2-6H2,1H3,(H,15,17)(H,18,19). The van der Waals surface area contributed by atoms with Crippen LogP contribution in [0.25, 0.3) is 0 Å². The Morgan fingerprint density at radius 3 is 3.10 bits per heavy atom. The van der Waals surface area contributed by atoms with Crippen molar-refractivity contribution in [1.82, 2.24) is 9.97 Å². The molecule has 2 aromatic rings. The van der Waals surface area contributed by atoms with Gasteiger partial charge in [-0.3, -0.25) is 4.79 Å². The number of carboxylic acid groups (broad SMARTS) is 1. The van der Waals surface area contributed by atoms with Crippen molar-refractivity contribution in [3.05, 3.63) is 26.7 Å². The van der Waals surface area contributed by atoms with E-state index in [0.717, 1.165) is 52.2 Å². The number of aliphatic carboxylic acids is 1. The summed E-state index contributed by atoms with van der Waals surface area (Å²) in [5.74, 6) is -1.19. The molecule has 112 valence electrons. The Morgan fingerprint density at radius 2 is 2.38 bits per heavy atom. The minimum absolute atomic E-state index is 0.429. The molecule has 1 aliphatic rings. The highest BCUT2D eigenvalue weighted by Crippen LogP contribution is 2.36. The van der Waals surface area contributed by atoms with Gasteiger partial charge in [0.25, 0.3) is 0 Å². The lowest BCUT2D eigenvalue weighted by molar-refractivity contribution is -0.139. The highest BCUT2D eigenvalue weighted by Gasteiger charge is 2.29. The van der Waals surface area contributed by atoms with Gasteiger partial charge in [-0.15, -0.1) is 22.7 Å². The van der Waals surface area contributed by atoms with Gasteiger partial charge in [-0.1, -0.05) is 0 Å². The molecular weight excluding hydrogens is 306 g/mol. The van der Waals surface area contributed by atoms with Crippen molar-refractivity contribution in [2.45, 2.75) is 38.5 Å². The quantitative estimate of drug-likeness (QED) is 0.884. The van der Waals surface area contributed by atoms with Gasteiger partial charge in [0, 0.05) is 23.2 Å². The predicted octanol–water partition coefficient (Wildman–Crippen LogP) is 3.07.